The molecule has 0 atom stereocenters. The molecule has 0 saturated heterocycles. The number of urea groups is 1. The Labute approximate surface area is 151 Å². The highest BCUT2D eigenvalue weighted by atomic mass is 19.4. The lowest BCUT2D eigenvalue weighted by atomic mass is 10.1. The molecule has 0 radical (unpaired) electrons. The van der Waals surface area contributed by atoms with Gasteiger partial charge in [0.05, 0.1) is 5.69 Å². The van der Waals surface area contributed by atoms with Crippen LogP contribution in [0.5, 0.6) is 5.75 Å². The largest absolute Gasteiger partial charge is 0.573 e. The summed E-state index contributed by atoms with van der Waals surface area (Å²) in [6.07, 6.45) is -3.29. The summed E-state index contributed by atoms with van der Waals surface area (Å²) in [6, 6.07) is 11.8. The molecule has 0 saturated carbocycles. The summed E-state index contributed by atoms with van der Waals surface area (Å²) in [6.45, 7) is 0.268. The van der Waals surface area contributed by atoms with E-state index in [0.29, 0.717) is 11.5 Å². The summed E-state index contributed by atoms with van der Waals surface area (Å²) in [5.41, 5.74) is 7.11. The molecular formula is C17H14F3N5O2. The third kappa shape index (κ3) is 4.97. The molecule has 27 heavy (non-hydrogen) atoms. The number of nitrogens with one attached hydrogen (secondary N) is 1. The minimum atomic E-state index is -4.74. The van der Waals surface area contributed by atoms with Crippen LogP contribution in [-0.4, -0.2) is 27.2 Å². The van der Waals surface area contributed by atoms with E-state index in [1.165, 1.54) is 35.3 Å². The van der Waals surface area contributed by atoms with Gasteiger partial charge in [-0.1, -0.05) is 18.2 Å². The smallest absolute Gasteiger partial charge is 0.406 e. The minimum absolute atomic E-state index is 0.268. The molecule has 0 aliphatic carbocycles. The summed E-state index contributed by atoms with van der Waals surface area (Å²) in [7, 11) is 0. The lowest BCUT2D eigenvalue weighted by molar-refractivity contribution is -0.274. The van der Waals surface area contributed by atoms with Crippen LogP contribution >= 0.6 is 0 Å². The van der Waals surface area contributed by atoms with Crippen molar-refractivity contribution in [3.05, 3.63) is 60.4 Å². The maximum atomic E-state index is 12.2. The van der Waals surface area contributed by atoms with Gasteiger partial charge in [-0.25, -0.2) is 14.5 Å². The predicted octanol–water partition coefficient (Wildman–Crippen LogP) is 3.00. The molecule has 0 fully saturated rings. The second-order valence-electron chi connectivity index (χ2n) is 5.47. The molecule has 1 heterocycles. The molecule has 0 aliphatic rings. The number of aromatic nitrogens is 3. The number of hydrogen-bond donors (Lipinski definition) is 2. The summed E-state index contributed by atoms with van der Waals surface area (Å²) >= 11 is 0. The molecule has 0 bridgehead atoms. The third-order valence-corrected chi connectivity index (χ3v) is 3.48. The topological polar surface area (TPSA) is 95.1 Å². The predicted molar refractivity (Wildman–Crippen MR) is 89.9 cm³/mol. The fraction of sp³-hybridized carbons (Fsp3) is 0.118. The van der Waals surface area contributed by atoms with E-state index in [4.69, 9.17) is 5.73 Å². The van der Waals surface area contributed by atoms with Crippen LogP contribution in [0, 0.1) is 0 Å². The fourth-order valence-corrected chi connectivity index (χ4v) is 2.33. The first-order valence-electron chi connectivity index (χ1n) is 7.71. The van der Waals surface area contributed by atoms with E-state index in [2.05, 4.69) is 20.1 Å². The summed E-state index contributed by atoms with van der Waals surface area (Å²) in [5.74, 6) is 0.104. The molecule has 3 N–H and O–H groups in total. The fourth-order valence-electron chi connectivity index (χ4n) is 2.33. The molecule has 3 rings (SSSR count). The number of nitrogens with two attached hydrogens (primary N) is 1. The van der Waals surface area contributed by atoms with Gasteiger partial charge in [-0.3, -0.25) is 0 Å². The second kappa shape index (κ2) is 7.36. The number of carbonyl (C=O) groups is 1. The van der Waals surface area contributed by atoms with Crippen LogP contribution in [0.15, 0.2) is 54.9 Å². The molecule has 1 aromatic heterocycles. The van der Waals surface area contributed by atoms with Gasteiger partial charge in [0.1, 0.15) is 12.1 Å². The van der Waals surface area contributed by atoms with Gasteiger partial charge in [0.25, 0.3) is 0 Å². The van der Waals surface area contributed by atoms with Gasteiger partial charge in [0.15, 0.2) is 5.82 Å². The standard InChI is InChI=1S/C17H14F3N5O2/c18-17(19,20)27-14-6-4-13(5-7-14)25-10-23-15(24-25)12-3-1-2-11(8-12)9-22-16(21)26/h1-8,10H,9H2,(H3,21,22,26). The molecule has 7 nitrogen and oxygen atoms in total. The molecule has 0 spiro atoms. The zero-order valence-corrected chi connectivity index (χ0v) is 13.8. The minimum Gasteiger partial charge on any atom is -0.406 e. The number of primary amides is 1. The molecule has 10 heteroatoms. The van der Waals surface area contributed by atoms with E-state index in [0.717, 1.165) is 11.1 Å². The SMILES string of the molecule is NC(=O)NCc1cccc(-c2ncn(-c3ccc(OC(F)(F)F)cc3)n2)c1. The Morgan fingerprint density at radius 3 is 2.59 bits per heavy atom. The van der Waals surface area contributed by atoms with Gasteiger partial charge in [-0.2, -0.15) is 0 Å². The Hall–Kier alpha value is -3.56. The lowest BCUT2D eigenvalue weighted by Crippen LogP contribution is -2.28. The van der Waals surface area contributed by atoms with Crippen molar-refractivity contribution in [3.63, 3.8) is 0 Å². The van der Waals surface area contributed by atoms with E-state index in [9.17, 15) is 18.0 Å². The molecule has 0 aliphatic heterocycles. The zero-order valence-electron chi connectivity index (χ0n) is 13.8. The Balaban J connectivity index is 1.77. The number of ether oxygens (including phenoxy) is 1. The maximum Gasteiger partial charge on any atom is 0.573 e. The zero-order chi connectivity index (χ0) is 19.4. The highest BCUT2D eigenvalue weighted by molar-refractivity contribution is 5.71. The number of carbonyl (C=O) groups excluding carboxylic acids is 1. The molecule has 2 aromatic carbocycles. The van der Waals surface area contributed by atoms with Crippen LogP contribution < -0.4 is 15.8 Å². The normalized spacial score (nSPS) is 11.2. The Bertz CT molecular complexity index is 938. The van der Waals surface area contributed by atoms with Gasteiger partial charge < -0.3 is 15.8 Å². The van der Waals surface area contributed by atoms with Crippen LogP contribution in [0.25, 0.3) is 17.1 Å². The van der Waals surface area contributed by atoms with Gasteiger partial charge >= 0.3 is 12.4 Å². The highest BCUT2D eigenvalue weighted by Crippen LogP contribution is 2.24. The van der Waals surface area contributed by atoms with Crippen molar-refractivity contribution in [2.24, 2.45) is 5.73 Å². The van der Waals surface area contributed by atoms with Crippen molar-refractivity contribution in [2.45, 2.75) is 12.9 Å². The van der Waals surface area contributed by atoms with Crippen molar-refractivity contribution in [1.29, 1.82) is 0 Å². The first-order chi connectivity index (χ1) is 12.8. The van der Waals surface area contributed by atoms with E-state index in [1.54, 1.807) is 18.2 Å². The number of nitrogens with zero attached hydrogens (tertiary/aromatic N) is 3. The van der Waals surface area contributed by atoms with Crippen molar-refractivity contribution in [3.8, 4) is 22.8 Å². The first kappa shape index (κ1) is 18.2. The lowest BCUT2D eigenvalue weighted by Gasteiger charge is -2.09. The first-order valence-corrected chi connectivity index (χ1v) is 7.71. The number of benzene rings is 2. The number of alkyl halides is 3. The van der Waals surface area contributed by atoms with E-state index in [1.807, 2.05) is 6.07 Å². The molecule has 3 aromatic rings. The molecule has 0 unspecified atom stereocenters. The quantitative estimate of drug-likeness (QED) is 0.715. The molecular weight excluding hydrogens is 363 g/mol. The second-order valence-corrected chi connectivity index (χ2v) is 5.47. The maximum absolute atomic E-state index is 12.2. The van der Waals surface area contributed by atoms with Gasteiger partial charge in [0, 0.05) is 12.1 Å². The van der Waals surface area contributed by atoms with E-state index < -0.39 is 12.4 Å². The van der Waals surface area contributed by atoms with Gasteiger partial charge in [-0.05, 0) is 35.9 Å². The van der Waals surface area contributed by atoms with Crippen molar-refractivity contribution >= 4 is 6.03 Å². The highest BCUT2D eigenvalue weighted by Gasteiger charge is 2.30. The van der Waals surface area contributed by atoms with Crippen LogP contribution in [-0.2, 0) is 6.54 Å². The average Bonchev–Trinajstić information content (AvgIpc) is 3.10. The number of halogens is 3. The average molecular weight is 377 g/mol. The van der Waals surface area contributed by atoms with Crippen molar-refractivity contribution < 1.29 is 22.7 Å². The monoisotopic (exact) mass is 377 g/mol. The summed E-state index contributed by atoms with van der Waals surface area (Å²) in [5, 5.41) is 6.82. The van der Waals surface area contributed by atoms with Crippen LogP contribution in [0.4, 0.5) is 18.0 Å². The van der Waals surface area contributed by atoms with E-state index >= 15 is 0 Å². The van der Waals surface area contributed by atoms with Crippen molar-refractivity contribution in [1.82, 2.24) is 20.1 Å². The Morgan fingerprint density at radius 2 is 1.93 bits per heavy atom. The number of hydrogen-bond acceptors (Lipinski definition) is 4. The summed E-state index contributed by atoms with van der Waals surface area (Å²) in [4.78, 5) is 15.0. The number of rotatable bonds is 5. The Morgan fingerprint density at radius 1 is 1.19 bits per heavy atom. The number of amides is 2. The Kier molecular flexibility index (Phi) is 4.97. The molecule has 2 amide bonds. The van der Waals surface area contributed by atoms with Gasteiger partial charge in [-0.15, -0.1) is 18.3 Å². The third-order valence-electron chi connectivity index (χ3n) is 3.48. The van der Waals surface area contributed by atoms with Crippen LogP contribution in [0.3, 0.4) is 0 Å². The van der Waals surface area contributed by atoms with Gasteiger partial charge in [0.2, 0.25) is 0 Å². The van der Waals surface area contributed by atoms with Crippen LogP contribution in [0.2, 0.25) is 0 Å². The molecule has 140 valence electrons. The summed E-state index contributed by atoms with van der Waals surface area (Å²) < 4.78 is 41.9. The van der Waals surface area contributed by atoms with E-state index in [-0.39, 0.29) is 12.3 Å². The van der Waals surface area contributed by atoms with Crippen LogP contribution in [0.1, 0.15) is 5.56 Å². The van der Waals surface area contributed by atoms with Crippen molar-refractivity contribution in [2.75, 3.05) is 0 Å².